The first-order valence-corrected chi connectivity index (χ1v) is 6.61. The van der Waals surface area contributed by atoms with Crippen molar-refractivity contribution in [2.75, 3.05) is 6.54 Å². The van der Waals surface area contributed by atoms with Gasteiger partial charge in [0.2, 0.25) is 0 Å². The van der Waals surface area contributed by atoms with Gasteiger partial charge in [0, 0.05) is 37.0 Å². The van der Waals surface area contributed by atoms with Gasteiger partial charge in [-0.2, -0.15) is 0 Å². The summed E-state index contributed by atoms with van der Waals surface area (Å²) in [6.45, 7) is 0.486. The van der Waals surface area contributed by atoms with Crippen LogP contribution in [-0.4, -0.2) is 27.6 Å². The Hall–Kier alpha value is -2.89. The molecule has 0 aliphatic rings. The second kappa shape index (κ2) is 6.04. The average molecular weight is 282 g/mol. The first-order chi connectivity index (χ1) is 10.3. The fourth-order valence-corrected chi connectivity index (χ4v) is 1.94. The number of H-pyrrole nitrogens is 1. The zero-order valence-corrected chi connectivity index (χ0v) is 11.2. The van der Waals surface area contributed by atoms with E-state index in [0.29, 0.717) is 18.7 Å². The van der Waals surface area contributed by atoms with Crippen LogP contribution < -0.4 is 5.32 Å². The first kappa shape index (κ1) is 13.1. The van der Waals surface area contributed by atoms with Crippen LogP contribution in [0.4, 0.5) is 0 Å². The van der Waals surface area contributed by atoms with Crippen LogP contribution in [0.15, 0.2) is 53.3 Å². The SMILES string of the molecule is O=C(NCCc1ncc[nH]1)c1cc(-c2ccccc2)on1. The molecule has 1 aromatic carbocycles. The van der Waals surface area contributed by atoms with Gasteiger partial charge in [0.05, 0.1) is 0 Å². The molecule has 6 nitrogen and oxygen atoms in total. The molecule has 2 heterocycles. The number of carbonyl (C=O) groups excluding carboxylic acids is 1. The second-order valence-electron chi connectivity index (χ2n) is 4.48. The smallest absolute Gasteiger partial charge is 0.273 e. The summed E-state index contributed by atoms with van der Waals surface area (Å²) >= 11 is 0. The number of aromatic amines is 1. The molecule has 1 amide bonds. The van der Waals surface area contributed by atoms with E-state index >= 15 is 0 Å². The van der Waals surface area contributed by atoms with Crippen molar-refractivity contribution in [3.05, 3.63) is 60.3 Å². The Morgan fingerprint density at radius 2 is 2.14 bits per heavy atom. The van der Waals surface area contributed by atoms with Crippen LogP contribution in [0.2, 0.25) is 0 Å². The predicted octanol–water partition coefficient (Wildman–Crippen LogP) is 2.04. The van der Waals surface area contributed by atoms with Crippen LogP contribution in [0.3, 0.4) is 0 Å². The van der Waals surface area contributed by atoms with E-state index in [9.17, 15) is 4.79 Å². The van der Waals surface area contributed by atoms with Crippen molar-refractivity contribution in [3.8, 4) is 11.3 Å². The van der Waals surface area contributed by atoms with E-state index < -0.39 is 0 Å². The molecule has 0 fully saturated rings. The lowest BCUT2D eigenvalue weighted by Crippen LogP contribution is -2.26. The van der Waals surface area contributed by atoms with E-state index in [1.54, 1.807) is 18.5 Å². The Bertz CT molecular complexity index is 704. The molecule has 2 aromatic heterocycles. The van der Waals surface area contributed by atoms with E-state index in [1.807, 2.05) is 30.3 Å². The minimum Gasteiger partial charge on any atom is -0.355 e. The summed E-state index contributed by atoms with van der Waals surface area (Å²) in [7, 11) is 0. The van der Waals surface area contributed by atoms with E-state index in [2.05, 4.69) is 20.4 Å². The van der Waals surface area contributed by atoms with E-state index in [4.69, 9.17) is 4.52 Å². The van der Waals surface area contributed by atoms with Crippen molar-refractivity contribution in [2.24, 2.45) is 0 Å². The summed E-state index contributed by atoms with van der Waals surface area (Å²) in [5.74, 6) is 1.15. The maximum absolute atomic E-state index is 12.0. The molecule has 6 heteroatoms. The summed E-state index contributed by atoms with van der Waals surface area (Å²) in [5.41, 5.74) is 1.16. The Kier molecular flexibility index (Phi) is 3.77. The van der Waals surface area contributed by atoms with Gasteiger partial charge in [-0.05, 0) is 0 Å². The number of amides is 1. The quantitative estimate of drug-likeness (QED) is 0.750. The molecule has 0 aliphatic heterocycles. The molecule has 0 aliphatic carbocycles. The molecule has 0 atom stereocenters. The number of hydrogen-bond donors (Lipinski definition) is 2. The number of rotatable bonds is 5. The maximum atomic E-state index is 12.0. The van der Waals surface area contributed by atoms with Gasteiger partial charge in [0.15, 0.2) is 11.5 Å². The number of imidazole rings is 1. The molecule has 106 valence electrons. The average Bonchev–Trinajstić information content (AvgIpc) is 3.20. The van der Waals surface area contributed by atoms with E-state index in [0.717, 1.165) is 11.4 Å². The summed E-state index contributed by atoms with van der Waals surface area (Å²) < 4.78 is 5.19. The summed E-state index contributed by atoms with van der Waals surface area (Å²) in [6, 6.07) is 11.2. The minimum absolute atomic E-state index is 0.257. The number of aromatic nitrogens is 3. The van der Waals surface area contributed by atoms with Gasteiger partial charge in [0.1, 0.15) is 5.82 Å². The van der Waals surface area contributed by atoms with Gasteiger partial charge in [-0.25, -0.2) is 4.98 Å². The molecule has 0 unspecified atom stereocenters. The minimum atomic E-state index is -0.257. The van der Waals surface area contributed by atoms with Gasteiger partial charge >= 0.3 is 0 Å². The Morgan fingerprint density at radius 3 is 2.90 bits per heavy atom. The third-order valence-corrected chi connectivity index (χ3v) is 3.00. The predicted molar refractivity (Wildman–Crippen MR) is 76.6 cm³/mol. The van der Waals surface area contributed by atoms with Crippen LogP contribution in [0.1, 0.15) is 16.3 Å². The van der Waals surface area contributed by atoms with Crippen LogP contribution in [-0.2, 0) is 6.42 Å². The Balaban J connectivity index is 1.59. The normalized spacial score (nSPS) is 10.5. The Labute approximate surface area is 121 Å². The van der Waals surface area contributed by atoms with Crippen molar-refractivity contribution >= 4 is 5.91 Å². The zero-order valence-electron chi connectivity index (χ0n) is 11.2. The van der Waals surface area contributed by atoms with Gasteiger partial charge in [-0.15, -0.1) is 0 Å². The monoisotopic (exact) mass is 282 g/mol. The standard InChI is InChI=1S/C15H14N4O2/c20-15(18-7-6-14-16-8-9-17-14)12-10-13(21-19-12)11-4-2-1-3-5-11/h1-5,8-10H,6-7H2,(H,16,17)(H,18,20). The van der Waals surface area contributed by atoms with Crippen LogP contribution in [0.25, 0.3) is 11.3 Å². The van der Waals surface area contributed by atoms with E-state index in [-0.39, 0.29) is 11.6 Å². The lowest BCUT2D eigenvalue weighted by atomic mass is 10.1. The van der Waals surface area contributed by atoms with Crippen molar-refractivity contribution in [1.82, 2.24) is 20.4 Å². The molecule has 21 heavy (non-hydrogen) atoms. The molecule has 0 saturated carbocycles. The van der Waals surface area contributed by atoms with Gasteiger partial charge in [-0.3, -0.25) is 4.79 Å². The lowest BCUT2D eigenvalue weighted by molar-refractivity contribution is 0.0945. The first-order valence-electron chi connectivity index (χ1n) is 6.61. The molecule has 3 rings (SSSR count). The highest BCUT2D eigenvalue weighted by atomic mass is 16.5. The van der Waals surface area contributed by atoms with Crippen LogP contribution in [0, 0.1) is 0 Å². The third-order valence-electron chi connectivity index (χ3n) is 3.00. The number of nitrogens with one attached hydrogen (secondary N) is 2. The zero-order chi connectivity index (χ0) is 14.5. The summed E-state index contributed by atoms with van der Waals surface area (Å²) in [5, 5.41) is 6.58. The molecular weight excluding hydrogens is 268 g/mol. The molecule has 0 spiro atoms. The molecule has 0 radical (unpaired) electrons. The van der Waals surface area contributed by atoms with E-state index in [1.165, 1.54) is 0 Å². The van der Waals surface area contributed by atoms with Gasteiger partial charge in [-0.1, -0.05) is 35.5 Å². The van der Waals surface area contributed by atoms with Crippen molar-refractivity contribution in [1.29, 1.82) is 0 Å². The molecule has 0 saturated heterocycles. The molecular formula is C15H14N4O2. The largest absolute Gasteiger partial charge is 0.355 e. The lowest BCUT2D eigenvalue weighted by Gasteiger charge is -2.00. The summed E-state index contributed by atoms with van der Waals surface area (Å²) in [6.07, 6.45) is 4.07. The fourth-order valence-electron chi connectivity index (χ4n) is 1.94. The fraction of sp³-hybridized carbons (Fsp3) is 0.133. The Morgan fingerprint density at radius 1 is 1.29 bits per heavy atom. The molecule has 0 bridgehead atoms. The van der Waals surface area contributed by atoms with Crippen LogP contribution >= 0.6 is 0 Å². The van der Waals surface area contributed by atoms with Crippen molar-refractivity contribution < 1.29 is 9.32 Å². The van der Waals surface area contributed by atoms with Crippen molar-refractivity contribution in [2.45, 2.75) is 6.42 Å². The van der Waals surface area contributed by atoms with Gasteiger partial charge in [0.25, 0.3) is 5.91 Å². The number of nitrogens with zero attached hydrogens (tertiary/aromatic N) is 2. The number of carbonyl (C=O) groups is 1. The molecule has 3 aromatic rings. The summed E-state index contributed by atoms with van der Waals surface area (Å²) in [4.78, 5) is 19.0. The topological polar surface area (TPSA) is 83.8 Å². The number of benzene rings is 1. The third kappa shape index (κ3) is 3.17. The van der Waals surface area contributed by atoms with Gasteiger partial charge < -0.3 is 14.8 Å². The van der Waals surface area contributed by atoms with Crippen LogP contribution in [0.5, 0.6) is 0 Å². The number of hydrogen-bond acceptors (Lipinski definition) is 4. The molecule has 2 N–H and O–H groups in total. The van der Waals surface area contributed by atoms with Crippen molar-refractivity contribution in [3.63, 3.8) is 0 Å². The second-order valence-corrected chi connectivity index (χ2v) is 4.48. The maximum Gasteiger partial charge on any atom is 0.273 e. The highest BCUT2D eigenvalue weighted by Crippen LogP contribution is 2.19. The highest BCUT2D eigenvalue weighted by Gasteiger charge is 2.13. The highest BCUT2D eigenvalue weighted by molar-refractivity contribution is 5.93.